The second-order valence-corrected chi connectivity index (χ2v) is 9.30. The summed E-state index contributed by atoms with van der Waals surface area (Å²) in [6.45, 7) is 3.81. The Morgan fingerprint density at radius 3 is 2.57 bits per heavy atom. The van der Waals surface area contributed by atoms with E-state index in [0.717, 1.165) is 24.9 Å². The van der Waals surface area contributed by atoms with E-state index in [4.69, 9.17) is 4.42 Å². The van der Waals surface area contributed by atoms with E-state index in [1.807, 2.05) is 30.3 Å². The number of carbonyl (C=O) groups excluding carboxylic acids is 1. The van der Waals surface area contributed by atoms with E-state index in [2.05, 4.69) is 5.32 Å². The van der Waals surface area contributed by atoms with Gasteiger partial charge in [-0.05, 0) is 38.3 Å². The summed E-state index contributed by atoms with van der Waals surface area (Å²) in [5.41, 5.74) is 1.02. The topological polar surface area (TPSA) is 82.9 Å². The molecule has 0 saturated carbocycles. The molecule has 1 aromatic heterocycles. The Balaban J connectivity index is 1.46. The Morgan fingerprint density at radius 1 is 1.14 bits per heavy atom. The average Bonchev–Trinajstić information content (AvgIpc) is 3.43. The third kappa shape index (κ3) is 3.66. The van der Waals surface area contributed by atoms with Crippen LogP contribution in [0.3, 0.4) is 0 Å². The number of anilines is 1. The number of furan rings is 1. The zero-order valence-corrected chi connectivity index (χ0v) is 16.7. The molecule has 2 fully saturated rings. The number of nitrogens with one attached hydrogen (secondary N) is 1. The number of rotatable bonds is 5. The van der Waals surface area contributed by atoms with Crippen LogP contribution in [0.1, 0.15) is 35.6 Å². The van der Waals surface area contributed by atoms with Crippen LogP contribution in [-0.4, -0.2) is 55.8 Å². The number of sulfonamides is 1. The second-order valence-electron chi connectivity index (χ2n) is 7.39. The highest BCUT2D eigenvalue weighted by atomic mass is 32.2. The van der Waals surface area contributed by atoms with Crippen molar-refractivity contribution in [3.8, 4) is 0 Å². The zero-order valence-electron chi connectivity index (χ0n) is 15.9. The molecule has 3 heterocycles. The van der Waals surface area contributed by atoms with Crippen LogP contribution in [-0.2, 0) is 10.0 Å². The Bertz CT molecular complexity index is 949. The van der Waals surface area contributed by atoms with Crippen LogP contribution in [0.4, 0.5) is 5.69 Å². The fourth-order valence-corrected chi connectivity index (χ4v) is 5.56. The number of para-hydroxylation sites is 1. The number of aryl methyl sites for hydroxylation is 1. The summed E-state index contributed by atoms with van der Waals surface area (Å²) < 4.78 is 32.6. The van der Waals surface area contributed by atoms with Crippen molar-refractivity contribution < 1.29 is 17.6 Å². The predicted molar refractivity (Wildman–Crippen MR) is 106 cm³/mol. The summed E-state index contributed by atoms with van der Waals surface area (Å²) in [6.07, 6.45) is 2.57. The first-order chi connectivity index (χ1) is 13.4. The minimum Gasteiger partial charge on any atom is -0.455 e. The quantitative estimate of drug-likeness (QED) is 0.830. The molecule has 0 spiro atoms. The molecule has 1 aromatic carbocycles. The molecule has 0 radical (unpaired) electrons. The van der Waals surface area contributed by atoms with E-state index in [9.17, 15) is 13.2 Å². The maximum atomic E-state index is 12.9. The molecule has 2 saturated heterocycles. The normalized spacial score (nSPS) is 20.6. The van der Waals surface area contributed by atoms with Crippen molar-refractivity contribution in [2.75, 3.05) is 31.5 Å². The van der Waals surface area contributed by atoms with Gasteiger partial charge in [-0.3, -0.25) is 4.79 Å². The molecular formula is C20H25N3O4S. The van der Waals surface area contributed by atoms with Gasteiger partial charge in [-0.2, -0.15) is 4.31 Å². The van der Waals surface area contributed by atoms with E-state index in [1.54, 1.807) is 11.8 Å². The number of carbonyl (C=O) groups is 1. The maximum absolute atomic E-state index is 12.9. The lowest BCUT2D eigenvalue weighted by atomic mass is 10.2. The molecular weight excluding hydrogens is 378 g/mol. The van der Waals surface area contributed by atoms with E-state index in [-0.39, 0.29) is 28.4 Å². The van der Waals surface area contributed by atoms with Gasteiger partial charge >= 0.3 is 0 Å². The van der Waals surface area contributed by atoms with Crippen LogP contribution >= 0.6 is 0 Å². The van der Waals surface area contributed by atoms with Gasteiger partial charge in [0.15, 0.2) is 5.76 Å². The summed E-state index contributed by atoms with van der Waals surface area (Å²) in [6, 6.07) is 11.4. The molecule has 28 heavy (non-hydrogen) atoms. The van der Waals surface area contributed by atoms with Gasteiger partial charge in [-0.1, -0.05) is 18.2 Å². The van der Waals surface area contributed by atoms with Crippen molar-refractivity contribution in [1.82, 2.24) is 9.21 Å². The molecule has 1 atom stereocenters. The van der Waals surface area contributed by atoms with Gasteiger partial charge in [-0.15, -0.1) is 0 Å². The first-order valence-corrected chi connectivity index (χ1v) is 11.1. The molecule has 150 valence electrons. The highest BCUT2D eigenvalue weighted by Gasteiger charge is 2.34. The highest BCUT2D eigenvalue weighted by molar-refractivity contribution is 7.89. The molecule has 2 aliphatic rings. The molecule has 1 unspecified atom stereocenters. The Hall–Kier alpha value is -2.32. The summed E-state index contributed by atoms with van der Waals surface area (Å²) in [5, 5.41) is 3.43. The Morgan fingerprint density at radius 2 is 1.86 bits per heavy atom. The second kappa shape index (κ2) is 7.60. The molecule has 2 aliphatic heterocycles. The summed E-state index contributed by atoms with van der Waals surface area (Å²) in [5.74, 6) is 0.104. The monoisotopic (exact) mass is 403 g/mol. The van der Waals surface area contributed by atoms with Gasteiger partial charge in [0.05, 0.1) is 0 Å². The van der Waals surface area contributed by atoms with Gasteiger partial charge in [0.1, 0.15) is 10.7 Å². The van der Waals surface area contributed by atoms with Gasteiger partial charge in [0, 0.05) is 44.0 Å². The SMILES string of the molecule is Cc1oc(C(=O)N2CCC(Nc3ccccc3)C2)cc1S(=O)(=O)N1CCCC1. The lowest BCUT2D eigenvalue weighted by Crippen LogP contribution is -2.31. The molecule has 4 rings (SSSR count). The number of amides is 1. The van der Waals surface area contributed by atoms with Crippen molar-refractivity contribution >= 4 is 21.6 Å². The van der Waals surface area contributed by atoms with Crippen molar-refractivity contribution in [2.45, 2.75) is 37.1 Å². The summed E-state index contributed by atoms with van der Waals surface area (Å²) >= 11 is 0. The Labute approximate surface area is 165 Å². The van der Waals surface area contributed by atoms with Crippen molar-refractivity contribution in [2.24, 2.45) is 0 Å². The van der Waals surface area contributed by atoms with E-state index < -0.39 is 10.0 Å². The number of hydrogen-bond donors (Lipinski definition) is 1. The van der Waals surface area contributed by atoms with Crippen molar-refractivity contribution in [3.63, 3.8) is 0 Å². The van der Waals surface area contributed by atoms with Crippen LogP contribution in [0.25, 0.3) is 0 Å². The van der Waals surface area contributed by atoms with Crippen LogP contribution < -0.4 is 5.32 Å². The lowest BCUT2D eigenvalue weighted by Gasteiger charge is -2.16. The number of hydrogen-bond acceptors (Lipinski definition) is 5. The summed E-state index contributed by atoms with van der Waals surface area (Å²) in [4.78, 5) is 14.7. The maximum Gasteiger partial charge on any atom is 0.289 e. The summed E-state index contributed by atoms with van der Waals surface area (Å²) in [7, 11) is -3.60. The number of benzene rings is 1. The number of nitrogens with zero attached hydrogens (tertiary/aromatic N) is 2. The third-order valence-electron chi connectivity index (χ3n) is 5.39. The molecule has 1 amide bonds. The van der Waals surface area contributed by atoms with Crippen LogP contribution in [0, 0.1) is 6.92 Å². The third-order valence-corrected chi connectivity index (χ3v) is 7.39. The van der Waals surface area contributed by atoms with Crippen LogP contribution in [0.2, 0.25) is 0 Å². The molecule has 0 bridgehead atoms. The van der Waals surface area contributed by atoms with E-state index in [1.165, 1.54) is 10.4 Å². The Kier molecular flexibility index (Phi) is 5.16. The van der Waals surface area contributed by atoms with E-state index in [0.29, 0.717) is 26.2 Å². The zero-order chi connectivity index (χ0) is 19.7. The first-order valence-electron chi connectivity index (χ1n) is 9.66. The van der Waals surface area contributed by atoms with Gasteiger partial charge in [-0.25, -0.2) is 8.42 Å². The minimum absolute atomic E-state index is 0.0932. The highest BCUT2D eigenvalue weighted by Crippen LogP contribution is 2.27. The molecule has 2 aromatic rings. The molecule has 8 heteroatoms. The van der Waals surface area contributed by atoms with Gasteiger partial charge < -0.3 is 14.6 Å². The van der Waals surface area contributed by atoms with E-state index >= 15 is 0 Å². The standard InChI is InChI=1S/C20H25N3O4S/c1-15-19(28(25,26)23-10-5-6-11-23)13-18(27-15)20(24)22-12-9-17(14-22)21-16-7-3-2-4-8-16/h2-4,7-8,13,17,21H,5-6,9-12,14H2,1H3. The van der Waals surface area contributed by atoms with Crippen LogP contribution in [0.15, 0.2) is 45.7 Å². The van der Waals surface area contributed by atoms with Crippen molar-refractivity contribution in [1.29, 1.82) is 0 Å². The van der Waals surface area contributed by atoms with Gasteiger partial charge in [0.25, 0.3) is 5.91 Å². The number of likely N-dealkylation sites (tertiary alicyclic amines) is 1. The van der Waals surface area contributed by atoms with Crippen LogP contribution in [0.5, 0.6) is 0 Å². The fraction of sp³-hybridized carbons (Fsp3) is 0.450. The lowest BCUT2D eigenvalue weighted by molar-refractivity contribution is 0.0758. The first kappa shape index (κ1) is 19.0. The van der Waals surface area contributed by atoms with Gasteiger partial charge in [0.2, 0.25) is 10.0 Å². The predicted octanol–water partition coefficient (Wildman–Crippen LogP) is 2.70. The molecule has 7 nitrogen and oxygen atoms in total. The average molecular weight is 404 g/mol. The van der Waals surface area contributed by atoms with Crippen molar-refractivity contribution in [3.05, 3.63) is 47.9 Å². The minimum atomic E-state index is -3.60. The largest absolute Gasteiger partial charge is 0.455 e. The molecule has 0 aliphatic carbocycles. The smallest absolute Gasteiger partial charge is 0.289 e. The molecule has 1 N–H and O–H groups in total. The fourth-order valence-electron chi connectivity index (χ4n) is 3.88.